The predicted molar refractivity (Wildman–Crippen MR) is 267 cm³/mol. The molecule has 0 spiro atoms. The lowest BCUT2D eigenvalue weighted by molar-refractivity contribution is 0.669. The Morgan fingerprint density at radius 3 is 1.81 bits per heavy atom. The Morgan fingerprint density at radius 2 is 0.969 bits per heavy atom. The summed E-state index contributed by atoms with van der Waals surface area (Å²) in [5.41, 5.74) is 11.5. The van der Waals surface area contributed by atoms with E-state index in [1.165, 1.54) is 65.2 Å². The third-order valence-electron chi connectivity index (χ3n) is 13.4. The molecule has 4 heteroatoms. The molecular formula is C60H35N3O. The average Bonchev–Trinajstić information content (AvgIpc) is 3.92. The molecule has 0 radical (unpaired) electrons. The van der Waals surface area contributed by atoms with Crippen LogP contribution < -0.4 is 0 Å². The summed E-state index contributed by atoms with van der Waals surface area (Å²) in [7, 11) is 0. The van der Waals surface area contributed by atoms with Crippen molar-refractivity contribution in [3.8, 4) is 39.5 Å². The molecule has 0 saturated heterocycles. The highest BCUT2D eigenvalue weighted by molar-refractivity contribution is 6.40. The van der Waals surface area contributed by atoms with Crippen LogP contribution in [0.2, 0.25) is 0 Å². The smallest absolute Gasteiger partial charge is 0.235 e. The summed E-state index contributed by atoms with van der Waals surface area (Å²) in [6.07, 6.45) is 0. The SMILES string of the molecule is c1ccc(-c2ccc(-c3nc(-n4c5ccc6ccccc6c5c5c6c7ccccc7c(-c7ccc8oc9ccccc9c8c7)cc6c6ccccc6c54)nc4ccccc34)cc2)cc1. The molecular weight excluding hydrogens is 779 g/mol. The minimum Gasteiger partial charge on any atom is -0.456 e. The second kappa shape index (κ2) is 13.4. The van der Waals surface area contributed by atoms with Crippen LogP contribution in [0.5, 0.6) is 0 Å². The normalized spacial score (nSPS) is 12.1. The standard InChI is InChI=1S/C60H35N3O/c1-2-14-36(15-3-1)37-26-28-39(29-27-37)58-47-23-10-12-24-51(47)61-60(62-58)63-52-32-30-38-16-4-5-17-41(38)56(52)57-55-45-21-8-6-18-42(45)48(35-50(55)43-19-7-9-22-46(43)59(57)63)40-31-33-54-49(34-40)44-20-11-13-25-53(44)64-54/h1-35H. The Kier molecular flexibility index (Phi) is 7.36. The number of rotatable bonds is 4. The first-order valence-electron chi connectivity index (χ1n) is 21.8. The molecule has 3 heterocycles. The number of furan rings is 1. The van der Waals surface area contributed by atoms with Crippen LogP contribution in [0.1, 0.15) is 0 Å². The number of hydrogen-bond donors (Lipinski definition) is 0. The lowest BCUT2D eigenvalue weighted by Crippen LogP contribution is -2.04. The maximum atomic E-state index is 6.29. The van der Waals surface area contributed by atoms with Gasteiger partial charge in [0.1, 0.15) is 11.2 Å². The zero-order valence-electron chi connectivity index (χ0n) is 34.5. The Balaban J connectivity index is 1.12. The maximum absolute atomic E-state index is 6.29. The zero-order chi connectivity index (χ0) is 41.9. The van der Waals surface area contributed by atoms with Crippen molar-refractivity contribution in [3.63, 3.8) is 0 Å². The van der Waals surface area contributed by atoms with Gasteiger partial charge >= 0.3 is 0 Å². The second-order valence-corrected chi connectivity index (χ2v) is 16.8. The van der Waals surface area contributed by atoms with Crippen LogP contribution in [-0.4, -0.2) is 14.5 Å². The monoisotopic (exact) mass is 813 g/mol. The second-order valence-electron chi connectivity index (χ2n) is 16.8. The molecule has 0 aliphatic heterocycles. The fourth-order valence-electron chi connectivity index (χ4n) is 10.5. The molecule has 14 rings (SSSR count). The molecule has 0 aliphatic carbocycles. The highest BCUT2D eigenvalue weighted by Gasteiger charge is 2.25. The summed E-state index contributed by atoms with van der Waals surface area (Å²) >= 11 is 0. The molecule has 4 nitrogen and oxygen atoms in total. The minimum atomic E-state index is 0.641. The van der Waals surface area contributed by atoms with Gasteiger partial charge in [0.05, 0.1) is 22.2 Å². The first-order chi connectivity index (χ1) is 31.7. The summed E-state index contributed by atoms with van der Waals surface area (Å²) in [5, 5.41) is 15.2. The van der Waals surface area contributed by atoms with E-state index in [1.54, 1.807) is 0 Å². The van der Waals surface area contributed by atoms with Gasteiger partial charge in [0.15, 0.2) is 0 Å². The summed E-state index contributed by atoms with van der Waals surface area (Å²) in [6, 6.07) is 76.2. The van der Waals surface area contributed by atoms with E-state index in [-0.39, 0.29) is 0 Å². The van der Waals surface area contributed by atoms with Crippen LogP contribution in [0.4, 0.5) is 0 Å². The topological polar surface area (TPSA) is 43.9 Å². The minimum absolute atomic E-state index is 0.641. The largest absolute Gasteiger partial charge is 0.456 e. The van der Waals surface area contributed by atoms with Gasteiger partial charge < -0.3 is 4.42 Å². The molecule has 0 aliphatic rings. The first kappa shape index (κ1) is 35.0. The third-order valence-corrected chi connectivity index (χ3v) is 13.4. The molecule has 0 fully saturated rings. The van der Waals surface area contributed by atoms with Crippen LogP contribution in [0.15, 0.2) is 217 Å². The predicted octanol–water partition coefficient (Wildman–Crippen LogP) is 16.2. The summed E-state index contributed by atoms with van der Waals surface area (Å²) in [5.74, 6) is 0.641. The molecule has 64 heavy (non-hydrogen) atoms. The van der Waals surface area contributed by atoms with Gasteiger partial charge in [-0.1, -0.05) is 176 Å². The maximum Gasteiger partial charge on any atom is 0.235 e. The van der Waals surface area contributed by atoms with Gasteiger partial charge in [-0.3, -0.25) is 4.57 Å². The van der Waals surface area contributed by atoms with Gasteiger partial charge in [-0.2, -0.15) is 0 Å². The van der Waals surface area contributed by atoms with Crippen LogP contribution in [0.25, 0.3) is 137 Å². The van der Waals surface area contributed by atoms with Gasteiger partial charge in [0.25, 0.3) is 0 Å². The van der Waals surface area contributed by atoms with Crippen molar-refractivity contribution in [2.24, 2.45) is 0 Å². The van der Waals surface area contributed by atoms with Crippen molar-refractivity contribution < 1.29 is 4.42 Å². The Morgan fingerprint density at radius 1 is 0.344 bits per heavy atom. The van der Waals surface area contributed by atoms with Crippen molar-refractivity contribution in [1.82, 2.24) is 14.5 Å². The van der Waals surface area contributed by atoms with Crippen molar-refractivity contribution in [1.29, 1.82) is 0 Å². The van der Waals surface area contributed by atoms with Crippen LogP contribution in [0, 0.1) is 0 Å². The quantitative estimate of drug-likeness (QED) is 0.166. The van der Waals surface area contributed by atoms with E-state index in [9.17, 15) is 0 Å². The number of hydrogen-bond acceptors (Lipinski definition) is 3. The average molecular weight is 814 g/mol. The summed E-state index contributed by atoms with van der Waals surface area (Å²) < 4.78 is 8.63. The fraction of sp³-hybridized carbons (Fsp3) is 0. The highest BCUT2D eigenvalue weighted by Crippen LogP contribution is 2.49. The van der Waals surface area contributed by atoms with Gasteiger partial charge in [0.2, 0.25) is 5.95 Å². The number of para-hydroxylation sites is 2. The van der Waals surface area contributed by atoms with Crippen LogP contribution in [-0.2, 0) is 0 Å². The summed E-state index contributed by atoms with van der Waals surface area (Å²) in [6.45, 7) is 0. The fourth-order valence-corrected chi connectivity index (χ4v) is 10.5. The van der Waals surface area contributed by atoms with Gasteiger partial charge in [0, 0.05) is 43.3 Å². The van der Waals surface area contributed by atoms with Crippen LogP contribution in [0.3, 0.4) is 0 Å². The molecule has 0 bridgehead atoms. The Hall–Kier alpha value is -8.60. The molecule has 0 amide bonds. The van der Waals surface area contributed by atoms with E-state index in [0.717, 1.165) is 66.1 Å². The molecule has 0 atom stereocenters. The first-order valence-corrected chi connectivity index (χ1v) is 21.8. The van der Waals surface area contributed by atoms with Gasteiger partial charge in [-0.15, -0.1) is 0 Å². The van der Waals surface area contributed by atoms with E-state index in [1.807, 2.05) is 12.1 Å². The van der Waals surface area contributed by atoms with Crippen molar-refractivity contribution in [3.05, 3.63) is 212 Å². The lowest BCUT2D eigenvalue weighted by Gasteiger charge is -2.16. The van der Waals surface area contributed by atoms with E-state index in [2.05, 4.69) is 205 Å². The molecule has 0 N–H and O–H groups in total. The number of nitrogens with zero attached hydrogens (tertiary/aromatic N) is 3. The van der Waals surface area contributed by atoms with Gasteiger partial charge in [-0.25, -0.2) is 9.97 Å². The van der Waals surface area contributed by atoms with E-state index >= 15 is 0 Å². The molecule has 0 unspecified atom stereocenters. The molecule has 0 saturated carbocycles. The molecule has 11 aromatic carbocycles. The Labute approximate surface area is 366 Å². The highest BCUT2D eigenvalue weighted by atomic mass is 16.3. The zero-order valence-corrected chi connectivity index (χ0v) is 34.5. The van der Waals surface area contributed by atoms with E-state index in [0.29, 0.717) is 5.95 Å². The Bertz CT molecular complexity index is 4240. The number of fused-ring (bicyclic) bond motifs is 16. The third kappa shape index (κ3) is 5.05. The molecule has 14 aromatic rings. The molecule has 296 valence electrons. The van der Waals surface area contributed by atoms with E-state index < -0.39 is 0 Å². The molecule has 3 aromatic heterocycles. The number of benzene rings is 11. The van der Waals surface area contributed by atoms with Crippen molar-refractivity contribution in [2.75, 3.05) is 0 Å². The van der Waals surface area contributed by atoms with Gasteiger partial charge in [-0.05, 0) is 91.0 Å². The van der Waals surface area contributed by atoms with E-state index in [4.69, 9.17) is 14.4 Å². The van der Waals surface area contributed by atoms with Crippen molar-refractivity contribution in [2.45, 2.75) is 0 Å². The van der Waals surface area contributed by atoms with Crippen LogP contribution >= 0.6 is 0 Å². The lowest BCUT2D eigenvalue weighted by atomic mass is 9.88. The summed E-state index contributed by atoms with van der Waals surface area (Å²) in [4.78, 5) is 11.0. The van der Waals surface area contributed by atoms with Crippen molar-refractivity contribution >= 4 is 97.7 Å². The number of aromatic nitrogens is 3.